The summed E-state index contributed by atoms with van der Waals surface area (Å²) in [7, 11) is 0. The van der Waals surface area contributed by atoms with E-state index in [-0.39, 0.29) is 0 Å². The Morgan fingerprint density at radius 1 is 1.41 bits per heavy atom. The van der Waals surface area contributed by atoms with Crippen molar-refractivity contribution in [1.82, 2.24) is 20.1 Å². The highest BCUT2D eigenvalue weighted by atomic mass is 16.5. The second-order valence-corrected chi connectivity index (χ2v) is 3.59. The van der Waals surface area contributed by atoms with E-state index in [1.807, 2.05) is 0 Å². The van der Waals surface area contributed by atoms with Gasteiger partial charge in [0, 0.05) is 6.92 Å². The zero-order valence-corrected chi connectivity index (χ0v) is 9.41. The Balaban J connectivity index is 2.27. The van der Waals surface area contributed by atoms with Gasteiger partial charge in [0.15, 0.2) is 0 Å². The highest BCUT2D eigenvalue weighted by Crippen LogP contribution is 2.15. The van der Waals surface area contributed by atoms with E-state index < -0.39 is 11.8 Å². The van der Waals surface area contributed by atoms with E-state index in [0.29, 0.717) is 23.1 Å². The molecule has 1 amide bonds. The quantitative estimate of drug-likeness (QED) is 0.823. The predicted octanol–water partition coefficient (Wildman–Crippen LogP) is 0.424. The smallest absolute Gasteiger partial charge is 0.226 e. The van der Waals surface area contributed by atoms with Crippen molar-refractivity contribution >= 4 is 5.91 Å². The fourth-order valence-electron chi connectivity index (χ4n) is 1.23. The van der Waals surface area contributed by atoms with Gasteiger partial charge in [-0.05, 0) is 6.92 Å². The van der Waals surface area contributed by atoms with Crippen LogP contribution in [0.15, 0.2) is 16.9 Å². The predicted molar refractivity (Wildman–Crippen MR) is 57.7 cm³/mol. The number of carbonyl (C=O) groups is 1. The minimum Gasteiger partial charge on any atom is -0.369 e. The molecule has 7 nitrogen and oxygen atoms in total. The lowest BCUT2D eigenvalue weighted by atomic mass is 10.1. The Bertz CT molecular complexity index is 534. The first-order valence-corrected chi connectivity index (χ1v) is 5.00. The van der Waals surface area contributed by atoms with Gasteiger partial charge < -0.3 is 10.3 Å². The first kappa shape index (κ1) is 11.2. The van der Waals surface area contributed by atoms with Crippen LogP contribution in [0.3, 0.4) is 0 Å². The summed E-state index contributed by atoms with van der Waals surface area (Å²) in [5.74, 6) is -0.0873. The first-order chi connectivity index (χ1) is 8.08. The van der Waals surface area contributed by atoms with Gasteiger partial charge >= 0.3 is 0 Å². The van der Waals surface area contributed by atoms with Gasteiger partial charge in [-0.3, -0.25) is 9.78 Å². The van der Waals surface area contributed by atoms with Crippen LogP contribution in [0, 0.1) is 6.92 Å². The van der Waals surface area contributed by atoms with E-state index >= 15 is 0 Å². The zero-order chi connectivity index (χ0) is 12.4. The maximum Gasteiger partial charge on any atom is 0.226 e. The standard InChI is InChI=1S/C10H11N5O2/c1-5(9(11)16)7-3-13-8(4-12-7)10-14-6(2)17-15-10/h3-5H,1-2H3,(H2,11,16). The molecule has 0 radical (unpaired) electrons. The highest BCUT2D eigenvalue weighted by Gasteiger charge is 2.14. The number of carbonyl (C=O) groups excluding carboxylic acids is 1. The average molecular weight is 233 g/mol. The molecule has 2 N–H and O–H groups in total. The molecule has 2 aromatic rings. The molecule has 88 valence electrons. The van der Waals surface area contributed by atoms with Gasteiger partial charge in [-0.1, -0.05) is 5.16 Å². The van der Waals surface area contributed by atoms with Crippen molar-refractivity contribution in [2.45, 2.75) is 19.8 Å². The van der Waals surface area contributed by atoms with Crippen LogP contribution in [0.5, 0.6) is 0 Å². The van der Waals surface area contributed by atoms with Gasteiger partial charge in [-0.2, -0.15) is 4.98 Å². The highest BCUT2D eigenvalue weighted by molar-refractivity contribution is 5.80. The third-order valence-electron chi connectivity index (χ3n) is 2.30. The van der Waals surface area contributed by atoms with E-state index in [0.717, 1.165) is 0 Å². The minimum atomic E-state index is -0.469. The molecule has 0 aliphatic rings. The lowest BCUT2D eigenvalue weighted by Gasteiger charge is -2.05. The van der Waals surface area contributed by atoms with Crippen molar-refractivity contribution in [2.24, 2.45) is 5.73 Å². The first-order valence-electron chi connectivity index (χ1n) is 5.00. The molecular formula is C10H11N5O2. The van der Waals surface area contributed by atoms with Crippen molar-refractivity contribution in [3.8, 4) is 11.5 Å². The number of primary amides is 1. The molecule has 0 spiro atoms. The van der Waals surface area contributed by atoms with E-state index in [2.05, 4.69) is 20.1 Å². The average Bonchev–Trinajstić information content (AvgIpc) is 2.75. The number of rotatable bonds is 3. The third-order valence-corrected chi connectivity index (χ3v) is 2.30. The number of hydrogen-bond acceptors (Lipinski definition) is 6. The molecule has 0 aliphatic heterocycles. The molecule has 2 aromatic heterocycles. The second kappa shape index (κ2) is 4.28. The van der Waals surface area contributed by atoms with E-state index in [1.54, 1.807) is 13.8 Å². The summed E-state index contributed by atoms with van der Waals surface area (Å²) in [5, 5.41) is 3.72. The topological polar surface area (TPSA) is 108 Å². The van der Waals surface area contributed by atoms with Crippen LogP contribution < -0.4 is 5.73 Å². The Kier molecular flexibility index (Phi) is 2.82. The molecule has 0 bridgehead atoms. The monoisotopic (exact) mass is 233 g/mol. The summed E-state index contributed by atoms with van der Waals surface area (Å²) in [4.78, 5) is 23.2. The van der Waals surface area contributed by atoms with Gasteiger partial charge in [0.2, 0.25) is 17.6 Å². The van der Waals surface area contributed by atoms with Crippen molar-refractivity contribution < 1.29 is 9.32 Å². The lowest BCUT2D eigenvalue weighted by molar-refractivity contribution is -0.119. The zero-order valence-electron chi connectivity index (χ0n) is 9.41. The van der Waals surface area contributed by atoms with Crippen LogP contribution in [-0.2, 0) is 4.79 Å². The Hall–Kier alpha value is -2.31. The number of amides is 1. The molecule has 2 heterocycles. The maximum absolute atomic E-state index is 11.0. The molecule has 0 fully saturated rings. The molecular weight excluding hydrogens is 222 g/mol. The largest absolute Gasteiger partial charge is 0.369 e. The summed E-state index contributed by atoms with van der Waals surface area (Å²) >= 11 is 0. The Labute approximate surface area is 97.1 Å². The number of nitrogens with two attached hydrogens (primary N) is 1. The Morgan fingerprint density at radius 2 is 2.18 bits per heavy atom. The second-order valence-electron chi connectivity index (χ2n) is 3.59. The summed E-state index contributed by atoms with van der Waals surface area (Å²) in [6.07, 6.45) is 2.97. The van der Waals surface area contributed by atoms with E-state index in [9.17, 15) is 4.79 Å². The summed E-state index contributed by atoms with van der Waals surface area (Å²) < 4.78 is 4.83. The summed E-state index contributed by atoms with van der Waals surface area (Å²) in [6, 6.07) is 0. The summed E-state index contributed by atoms with van der Waals surface area (Å²) in [5.41, 5.74) is 6.18. The normalized spacial score (nSPS) is 12.4. The minimum absolute atomic E-state index is 0.369. The molecule has 0 saturated heterocycles. The van der Waals surface area contributed by atoms with Gasteiger partial charge in [-0.15, -0.1) is 0 Å². The fourth-order valence-corrected chi connectivity index (χ4v) is 1.23. The van der Waals surface area contributed by atoms with E-state index in [4.69, 9.17) is 10.3 Å². The molecule has 0 aromatic carbocycles. The van der Waals surface area contributed by atoms with Crippen molar-refractivity contribution in [3.63, 3.8) is 0 Å². The molecule has 2 rings (SSSR count). The van der Waals surface area contributed by atoms with Crippen LogP contribution in [0.1, 0.15) is 24.4 Å². The fraction of sp³-hybridized carbons (Fsp3) is 0.300. The molecule has 1 unspecified atom stereocenters. The third kappa shape index (κ3) is 2.27. The summed E-state index contributed by atoms with van der Waals surface area (Å²) in [6.45, 7) is 3.36. The number of aromatic nitrogens is 4. The van der Waals surface area contributed by atoms with Crippen LogP contribution in [0.2, 0.25) is 0 Å². The van der Waals surface area contributed by atoms with Crippen molar-refractivity contribution in [3.05, 3.63) is 24.0 Å². The van der Waals surface area contributed by atoms with Gasteiger partial charge in [-0.25, -0.2) is 4.98 Å². The van der Waals surface area contributed by atoms with Gasteiger partial charge in [0.1, 0.15) is 5.69 Å². The number of aryl methyl sites for hydroxylation is 1. The lowest BCUT2D eigenvalue weighted by Crippen LogP contribution is -2.19. The SMILES string of the molecule is Cc1nc(-c2cnc(C(C)C(N)=O)cn2)no1. The van der Waals surface area contributed by atoms with Crippen LogP contribution in [0.4, 0.5) is 0 Å². The molecule has 7 heteroatoms. The molecule has 1 atom stereocenters. The van der Waals surface area contributed by atoms with Crippen molar-refractivity contribution in [2.75, 3.05) is 0 Å². The number of nitrogens with zero attached hydrogens (tertiary/aromatic N) is 4. The van der Waals surface area contributed by atoms with Crippen LogP contribution >= 0.6 is 0 Å². The molecule has 0 saturated carbocycles. The van der Waals surface area contributed by atoms with Crippen LogP contribution in [0.25, 0.3) is 11.5 Å². The Morgan fingerprint density at radius 3 is 2.65 bits per heavy atom. The maximum atomic E-state index is 11.0. The molecule has 0 aliphatic carbocycles. The van der Waals surface area contributed by atoms with Gasteiger partial charge in [0.25, 0.3) is 0 Å². The van der Waals surface area contributed by atoms with Gasteiger partial charge in [0.05, 0.1) is 24.0 Å². The number of hydrogen-bond donors (Lipinski definition) is 1. The molecule has 17 heavy (non-hydrogen) atoms. The van der Waals surface area contributed by atoms with E-state index in [1.165, 1.54) is 12.4 Å². The van der Waals surface area contributed by atoms with Crippen LogP contribution in [-0.4, -0.2) is 26.0 Å². The van der Waals surface area contributed by atoms with Crippen molar-refractivity contribution in [1.29, 1.82) is 0 Å².